The minimum absolute atomic E-state index is 0.166. The van der Waals surface area contributed by atoms with Gasteiger partial charge < -0.3 is 9.64 Å². The van der Waals surface area contributed by atoms with Gasteiger partial charge in [-0.15, -0.1) is 0 Å². The van der Waals surface area contributed by atoms with Crippen LogP contribution in [0.25, 0.3) is 0 Å². The van der Waals surface area contributed by atoms with Crippen LogP contribution in [0.15, 0.2) is 10.7 Å². The molecule has 0 atom stereocenters. The molecule has 0 radical (unpaired) electrons. The van der Waals surface area contributed by atoms with Gasteiger partial charge in [-0.2, -0.15) is 5.10 Å². The molecule has 94 valence electrons. The first-order chi connectivity index (χ1) is 8.02. The van der Waals surface area contributed by atoms with Gasteiger partial charge in [0.05, 0.1) is 18.8 Å². The summed E-state index contributed by atoms with van der Waals surface area (Å²) in [5.41, 5.74) is 0.588. The van der Waals surface area contributed by atoms with E-state index in [1.807, 2.05) is 24.9 Å². The van der Waals surface area contributed by atoms with Crippen LogP contribution in [-0.4, -0.2) is 40.8 Å². The number of halogens is 1. The third-order valence-corrected chi connectivity index (χ3v) is 3.64. The minimum atomic E-state index is -0.404. The number of ether oxygens (including phenoxy) is 1. The molecule has 0 N–H and O–H groups in total. The first-order valence-corrected chi connectivity index (χ1v) is 6.34. The molecule has 0 unspecified atom stereocenters. The maximum atomic E-state index is 11.6. The number of nitrogens with zero attached hydrogens (tertiary/aromatic N) is 3. The molecule has 1 saturated heterocycles. The Kier molecular flexibility index (Phi) is 3.27. The van der Waals surface area contributed by atoms with Crippen molar-refractivity contribution >= 4 is 21.8 Å². The van der Waals surface area contributed by atoms with E-state index in [4.69, 9.17) is 4.74 Å². The zero-order valence-electron chi connectivity index (χ0n) is 10.2. The van der Waals surface area contributed by atoms with Gasteiger partial charge in [-0.1, -0.05) is 6.92 Å². The molecule has 2 rings (SSSR count). The lowest BCUT2D eigenvalue weighted by molar-refractivity contribution is -0.166. The summed E-state index contributed by atoms with van der Waals surface area (Å²) in [6, 6.07) is 1.94. The Balaban J connectivity index is 2.19. The van der Waals surface area contributed by atoms with Crippen molar-refractivity contribution in [2.45, 2.75) is 18.9 Å². The maximum absolute atomic E-state index is 11.6. The average molecular weight is 302 g/mol. The van der Waals surface area contributed by atoms with Crippen molar-refractivity contribution in [3.63, 3.8) is 0 Å². The highest BCUT2D eigenvalue weighted by molar-refractivity contribution is 9.10. The SMILES string of the molecule is CCC(=O)N1CC(OC)(c2cc(Br)nn2C)C1. The summed E-state index contributed by atoms with van der Waals surface area (Å²) in [4.78, 5) is 13.4. The van der Waals surface area contributed by atoms with Gasteiger partial charge in [0.1, 0.15) is 10.2 Å². The molecule has 17 heavy (non-hydrogen) atoms. The van der Waals surface area contributed by atoms with Gasteiger partial charge in [-0.25, -0.2) is 0 Å². The molecular weight excluding hydrogens is 286 g/mol. The first-order valence-electron chi connectivity index (χ1n) is 5.55. The van der Waals surface area contributed by atoms with Gasteiger partial charge in [-0.3, -0.25) is 9.48 Å². The van der Waals surface area contributed by atoms with Crippen molar-refractivity contribution in [2.75, 3.05) is 20.2 Å². The number of methoxy groups -OCH3 is 1. The summed E-state index contributed by atoms with van der Waals surface area (Å²) in [7, 11) is 3.56. The second-order valence-corrected chi connectivity index (χ2v) is 5.09. The second kappa shape index (κ2) is 4.42. The fourth-order valence-corrected chi connectivity index (χ4v) is 2.68. The number of hydrogen-bond donors (Lipinski definition) is 0. The molecule has 5 nitrogen and oxygen atoms in total. The summed E-state index contributed by atoms with van der Waals surface area (Å²) in [5.74, 6) is 0.166. The molecule has 0 aliphatic carbocycles. The van der Waals surface area contributed by atoms with E-state index in [-0.39, 0.29) is 5.91 Å². The number of hydrogen-bond acceptors (Lipinski definition) is 3. The zero-order chi connectivity index (χ0) is 12.6. The Morgan fingerprint density at radius 2 is 2.29 bits per heavy atom. The number of aryl methyl sites for hydroxylation is 1. The Bertz CT molecular complexity index is 438. The molecule has 1 fully saturated rings. The van der Waals surface area contributed by atoms with Crippen molar-refractivity contribution in [2.24, 2.45) is 7.05 Å². The summed E-state index contributed by atoms with van der Waals surface area (Å²) in [6.45, 7) is 3.07. The largest absolute Gasteiger partial charge is 0.368 e. The molecule has 0 spiro atoms. The van der Waals surface area contributed by atoms with Crippen molar-refractivity contribution in [3.05, 3.63) is 16.4 Å². The fraction of sp³-hybridized carbons (Fsp3) is 0.636. The van der Waals surface area contributed by atoms with Gasteiger partial charge in [0.2, 0.25) is 5.91 Å². The predicted octanol–water partition coefficient (Wildman–Crippen LogP) is 1.28. The lowest BCUT2D eigenvalue weighted by Crippen LogP contribution is -2.62. The van der Waals surface area contributed by atoms with E-state index < -0.39 is 5.60 Å². The molecule has 2 heterocycles. The monoisotopic (exact) mass is 301 g/mol. The average Bonchev–Trinajstić information content (AvgIpc) is 2.57. The highest BCUT2D eigenvalue weighted by atomic mass is 79.9. The minimum Gasteiger partial charge on any atom is -0.368 e. The molecule has 1 aromatic heterocycles. The summed E-state index contributed by atoms with van der Waals surface area (Å²) < 4.78 is 8.18. The standard InChI is InChI=1S/C11H16BrN3O2/c1-4-10(16)15-6-11(7-15,17-3)8-5-9(12)13-14(8)2/h5H,4,6-7H2,1-3H3. The maximum Gasteiger partial charge on any atom is 0.222 e. The molecule has 1 aliphatic rings. The Morgan fingerprint density at radius 3 is 2.71 bits per heavy atom. The van der Waals surface area contributed by atoms with E-state index in [0.717, 1.165) is 10.3 Å². The van der Waals surface area contributed by atoms with Gasteiger partial charge in [0.25, 0.3) is 0 Å². The number of carbonyl (C=O) groups excluding carboxylic acids is 1. The van der Waals surface area contributed by atoms with E-state index in [1.54, 1.807) is 11.8 Å². The van der Waals surface area contributed by atoms with E-state index in [9.17, 15) is 4.79 Å². The summed E-state index contributed by atoms with van der Waals surface area (Å²) in [5, 5.41) is 4.25. The van der Waals surface area contributed by atoms with Crippen LogP contribution in [0.1, 0.15) is 19.0 Å². The van der Waals surface area contributed by atoms with Crippen LogP contribution in [0.2, 0.25) is 0 Å². The number of carbonyl (C=O) groups is 1. The first kappa shape index (κ1) is 12.6. The molecule has 1 aromatic rings. The van der Waals surface area contributed by atoms with Gasteiger partial charge >= 0.3 is 0 Å². The van der Waals surface area contributed by atoms with Crippen LogP contribution in [-0.2, 0) is 22.2 Å². The zero-order valence-corrected chi connectivity index (χ0v) is 11.8. The summed E-state index contributed by atoms with van der Waals surface area (Å²) in [6.07, 6.45) is 0.537. The van der Waals surface area contributed by atoms with Crippen LogP contribution < -0.4 is 0 Å². The third kappa shape index (κ3) is 1.99. The van der Waals surface area contributed by atoms with Crippen LogP contribution in [0.3, 0.4) is 0 Å². The molecule has 0 aromatic carbocycles. The molecule has 1 aliphatic heterocycles. The summed E-state index contributed by atoms with van der Waals surface area (Å²) >= 11 is 3.35. The van der Waals surface area contributed by atoms with Crippen molar-refractivity contribution in [1.82, 2.24) is 14.7 Å². The van der Waals surface area contributed by atoms with Crippen molar-refractivity contribution in [1.29, 1.82) is 0 Å². The number of amides is 1. The Hall–Kier alpha value is -0.880. The lowest BCUT2D eigenvalue weighted by Gasteiger charge is -2.48. The molecular formula is C11H16BrN3O2. The molecule has 0 saturated carbocycles. The van der Waals surface area contributed by atoms with Crippen molar-refractivity contribution < 1.29 is 9.53 Å². The highest BCUT2D eigenvalue weighted by Gasteiger charge is 2.48. The number of aromatic nitrogens is 2. The van der Waals surface area contributed by atoms with Gasteiger partial charge in [-0.05, 0) is 22.0 Å². The van der Waals surface area contributed by atoms with Crippen LogP contribution in [0, 0.1) is 0 Å². The predicted molar refractivity (Wildman–Crippen MR) is 66.5 cm³/mol. The van der Waals surface area contributed by atoms with Crippen LogP contribution in [0.5, 0.6) is 0 Å². The molecule has 0 bridgehead atoms. The second-order valence-electron chi connectivity index (χ2n) is 4.28. The normalized spacial score (nSPS) is 18.0. The lowest BCUT2D eigenvalue weighted by atomic mass is 9.89. The highest BCUT2D eigenvalue weighted by Crippen LogP contribution is 2.36. The van der Waals surface area contributed by atoms with Crippen molar-refractivity contribution in [3.8, 4) is 0 Å². The molecule has 1 amide bonds. The van der Waals surface area contributed by atoms with E-state index in [2.05, 4.69) is 21.0 Å². The van der Waals surface area contributed by atoms with Gasteiger partial charge in [0.15, 0.2) is 0 Å². The van der Waals surface area contributed by atoms with Crippen LogP contribution in [0.4, 0.5) is 0 Å². The Labute approximate surface area is 109 Å². The smallest absolute Gasteiger partial charge is 0.222 e. The van der Waals surface area contributed by atoms with Crippen LogP contribution >= 0.6 is 15.9 Å². The Morgan fingerprint density at radius 1 is 1.65 bits per heavy atom. The quantitative estimate of drug-likeness (QED) is 0.845. The number of likely N-dealkylation sites (tertiary alicyclic amines) is 1. The number of rotatable bonds is 3. The van der Waals surface area contributed by atoms with Gasteiger partial charge in [0, 0.05) is 20.6 Å². The molecule has 6 heteroatoms. The van der Waals surface area contributed by atoms with E-state index in [1.165, 1.54) is 0 Å². The topological polar surface area (TPSA) is 47.4 Å². The third-order valence-electron chi connectivity index (χ3n) is 3.26. The fourth-order valence-electron chi connectivity index (χ4n) is 2.22. The van der Waals surface area contributed by atoms with E-state index >= 15 is 0 Å². The van der Waals surface area contributed by atoms with E-state index in [0.29, 0.717) is 19.5 Å².